The number of piperidine rings is 1. The zero-order valence-corrected chi connectivity index (χ0v) is 23.1. The Balaban J connectivity index is 1.14. The van der Waals surface area contributed by atoms with Gasteiger partial charge >= 0.3 is 5.97 Å². The maximum atomic E-state index is 14.3. The molecule has 0 aliphatic carbocycles. The predicted molar refractivity (Wildman–Crippen MR) is 151 cm³/mol. The van der Waals surface area contributed by atoms with Crippen LogP contribution in [0.1, 0.15) is 58.1 Å². The van der Waals surface area contributed by atoms with Crippen LogP contribution in [0.4, 0.5) is 4.39 Å². The SMILES string of the molecule is Cc1ccc(COc2ncccc2C2CCN(Cc3nc4ccc(C(=O)ON)cc4n3CC3CCO3)CC2)c(F)c1. The summed E-state index contributed by atoms with van der Waals surface area (Å²) >= 11 is 0. The Hall–Kier alpha value is -3.86. The number of carbonyl (C=O) groups excluding carboxylic acids is 1. The van der Waals surface area contributed by atoms with Crippen LogP contribution < -0.4 is 10.6 Å². The first-order valence-corrected chi connectivity index (χ1v) is 14.1. The summed E-state index contributed by atoms with van der Waals surface area (Å²) < 4.78 is 28.3. The molecule has 0 amide bonds. The zero-order chi connectivity index (χ0) is 28.3. The standard InChI is InChI=1S/C31H34FN5O4/c1-20-4-5-23(26(32)15-20)19-40-30-25(3-2-11-34-30)21-8-12-36(13-9-21)18-29-35-27-7-6-22(31(38)41-33)16-28(27)37(29)17-24-10-14-39-24/h2-7,11,15-16,21,24H,8-10,12-14,17-19,33H2,1H3. The molecule has 2 N–H and O–H groups in total. The van der Waals surface area contributed by atoms with Crippen molar-refractivity contribution in [3.63, 3.8) is 0 Å². The number of hydrogen-bond donors (Lipinski definition) is 1. The predicted octanol–water partition coefficient (Wildman–Crippen LogP) is 4.66. The molecule has 4 heterocycles. The first kappa shape index (κ1) is 27.3. The number of ether oxygens (including phenoxy) is 2. The van der Waals surface area contributed by atoms with Gasteiger partial charge in [0.2, 0.25) is 5.88 Å². The van der Waals surface area contributed by atoms with Crippen molar-refractivity contribution in [2.24, 2.45) is 5.90 Å². The van der Waals surface area contributed by atoms with Crippen LogP contribution in [0.3, 0.4) is 0 Å². The van der Waals surface area contributed by atoms with Crippen LogP contribution in [0.2, 0.25) is 0 Å². The largest absolute Gasteiger partial charge is 0.472 e. The summed E-state index contributed by atoms with van der Waals surface area (Å²) in [5.41, 5.74) is 4.55. The van der Waals surface area contributed by atoms with Gasteiger partial charge in [-0.05, 0) is 81.1 Å². The highest BCUT2D eigenvalue weighted by Gasteiger charge is 2.27. The van der Waals surface area contributed by atoms with E-state index in [1.54, 1.807) is 24.4 Å². The van der Waals surface area contributed by atoms with E-state index in [0.717, 1.165) is 66.9 Å². The quantitative estimate of drug-likeness (QED) is 0.296. The van der Waals surface area contributed by atoms with E-state index in [4.69, 9.17) is 20.4 Å². The highest BCUT2D eigenvalue weighted by atomic mass is 19.1. The van der Waals surface area contributed by atoms with E-state index in [9.17, 15) is 9.18 Å². The third kappa shape index (κ3) is 5.95. The molecule has 0 bridgehead atoms. The van der Waals surface area contributed by atoms with Crippen molar-refractivity contribution in [1.82, 2.24) is 19.4 Å². The second-order valence-corrected chi connectivity index (χ2v) is 10.9. The number of fused-ring (bicyclic) bond motifs is 1. The molecule has 1 unspecified atom stereocenters. The Labute approximate surface area is 238 Å². The number of halogens is 1. The normalized spacial score (nSPS) is 17.9. The van der Waals surface area contributed by atoms with Crippen LogP contribution in [0.25, 0.3) is 11.0 Å². The number of pyridine rings is 1. The van der Waals surface area contributed by atoms with Crippen molar-refractivity contribution in [3.05, 3.63) is 88.6 Å². The molecule has 2 saturated heterocycles. The number of hydrogen-bond acceptors (Lipinski definition) is 8. The zero-order valence-electron chi connectivity index (χ0n) is 23.1. The van der Waals surface area contributed by atoms with Crippen molar-refractivity contribution in [1.29, 1.82) is 0 Å². The van der Waals surface area contributed by atoms with Gasteiger partial charge in [-0.3, -0.25) is 4.90 Å². The Morgan fingerprint density at radius 2 is 1.98 bits per heavy atom. The van der Waals surface area contributed by atoms with Crippen LogP contribution in [-0.2, 0) is 29.3 Å². The van der Waals surface area contributed by atoms with Crippen molar-refractivity contribution < 1.29 is 23.5 Å². The van der Waals surface area contributed by atoms with E-state index in [2.05, 4.69) is 25.4 Å². The molecule has 0 radical (unpaired) electrons. The van der Waals surface area contributed by atoms with Crippen LogP contribution in [-0.4, -0.2) is 51.2 Å². The molecule has 41 heavy (non-hydrogen) atoms. The third-order valence-corrected chi connectivity index (χ3v) is 8.12. The number of benzene rings is 2. The molecule has 9 nitrogen and oxygen atoms in total. The van der Waals surface area contributed by atoms with Gasteiger partial charge in [0.15, 0.2) is 0 Å². The first-order valence-electron chi connectivity index (χ1n) is 14.1. The lowest BCUT2D eigenvalue weighted by Crippen LogP contribution is -2.35. The molecule has 10 heteroatoms. The molecule has 214 valence electrons. The first-order chi connectivity index (χ1) is 20.0. The van der Waals surface area contributed by atoms with Gasteiger partial charge in [-0.15, -0.1) is 0 Å². The molecule has 2 aliphatic rings. The van der Waals surface area contributed by atoms with E-state index in [1.807, 2.05) is 25.1 Å². The summed E-state index contributed by atoms with van der Waals surface area (Å²) in [5, 5.41) is 0. The highest BCUT2D eigenvalue weighted by molar-refractivity contribution is 5.93. The average molecular weight is 560 g/mol. The highest BCUT2D eigenvalue weighted by Crippen LogP contribution is 2.34. The minimum absolute atomic E-state index is 0.138. The summed E-state index contributed by atoms with van der Waals surface area (Å²) in [7, 11) is 0. The maximum absolute atomic E-state index is 14.3. The van der Waals surface area contributed by atoms with Crippen LogP contribution in [0.15, 0.2) is 54.7 Å². The number of imidazole rings is 1. The minimum Gasteiger partial charge on any atom is -0.472 e. The Morgan fingerprint density at radius 1 is 1.15 bits per heavy atom. The van der Waals surface area contributed by atoms with Gasteiger partial charge in [0.1, 0.15) is 18.2 Å². The molecule has 2 aromatic heterocycles. The van der Waals surface area contributed by atoms with Gasteiger partial charge in [-0.2, -0.15) is 5.90 Å². The molecule has 6 rings (SSSR count). The van der Waals surface area contributed by atoms with Crippen LogP contribution in [0.5, 0.6) is 5.88 Å². The van der Waals surface area contributed by atoms with E-state index in [1.165, 1.54) is 6.07 Å². The Bertz CT molecular complexity index is 1550. The summed E-state index contributed by atoms with van der Waals surface area (Å²) in [6.45, 7) is 5.92. The molecule has 4 aromatic rings. The van der Waals surface area contributed by atoms with Gasteiger partial charge in [-0.25, -0.2) is 19.2 Å². The smallest absolute Gasteiger partial charge is 0.356 e. The van der Waals surface area contributed by atoms with Crippen LogP contribution >= 0.6 is 0 Å². The lowest BCUT2D eigenvalue weighted by Gasteiger charge is -2.33. The maximum Gasteiger partial charge on any atom is 0.356 e. The van der Waals surface area contributed by atoms with E-state index >= 15 is 0 Å². The fourth-order valence-electron chi connectivity index (χ4n) is 5.68. The van der Waals surface area contributed by atoms with Gasteiger partial charge < -0.3 is 18.9 Å². The number of nitrogens with two attached hydrogens (primary N) is 1. The van der Waals surface area contributed by atoms with Gasteiger partial charge in [0.25, 0.3) is 0 Å². The van der Waals surface area contributed by atoms with Gasteiger partial charge in [0.05, 0.1) is 35.8 Å². The number of rotatable bonds is 9. The third-order valence-electron chi connectivity index (χ3n) is 8.12. The Kier molecular flexibility index (Phi) is 7.95. The molecule has 0 saturated carbocycles. The lowest BCUT2D eigenvalue weighted by molar-refractivity contribution is -0.0592. The van der Waals surface area contributed by atoms with Gasteiger partial charge in [-0.1, -0.05) is 18.2 Å². The van der Waals surface area contributed by atoms with Crippen molar-refractivity contribution in [2.75, 3.05) is 19.7 Å². The van der Waals surface area contributed by atoms with E-state index in [-0.39, 0.29) is 18.5 Å². The number of aryl methyl sites for hydroxylation is 1. The van der Waals surface area contributed by atoms with Crippen LogP contribution in [0, 0.1) is 12.7 Å². The topological polar surface area (TPSA) is 105 Å². The summed E-state index contributed by atoms with van der Waals surface area (Å²) in [6, 6.07) is 14.5. The minimum atomic E-state index is -0.578. The molecule has 1 atom stereocenters. The number of nitrogens with zero attached hydrogens (tertiary/aromatic N) is 4. The summed E-state index contributed by atoms with van der Waals surface area (Å²) in [4.78, 5) is 28.3. The molecular formula is C31H34FN5O4. The number of aromatic nitrogens is 3. The van der Waals surface area contributed by atoms with Gasteiger partial charge in [0, 0.05) is 23.9 Å². The molecular weight excluding hydrogens is 525 g/mol. The number of carbonyl (C=O) groups is 1. The van der Waals surface area contributed by atoms with Crippen molar-refractivity contribution in [2.45, 2.75) is 57.9 Å². The monoisotopic (exact) mass is 559 g/mol. The second-order valence-electron chi connectivity index (χ2n) is 10.9. The summed E-state index contributed by atoms with van der Waals surface area (Å²) in [6.07, 6.45) is 4.74. The summed E-state index contributed by atoms with van der Waals surface area (Å²) in [5.74, 6) is 6.09. The average Bonchev–Trinajstić information content (AvgIpc) is 3.30. The molecule has 0 spiro atoms. The molecule has 2 fully saturated rings. The van der Waals surface area contributed by atoms with Crippen molar-refractivity contribution in [3.8, 4) is 5.88 Å². The fourth-order valence-corrected chi connectivity index (χ4v) is 5.68. The molecule has 2 aliphatic heterocycles. The fraction of sp³-hybridized carbons (Fsp3) is 0.387. The number of likely N-dealkylation sites (tertiary alicyclic amines) is 1. The van der Waals surface area contributed by atoms with E-state index in [0.29, 0.717) is 36.0 Å². The molecule has 2 aromatic carbocycles. The van der Waals surface area contributed by atoms with Crippen molar-refractivity contribution >= 4 is 17.0 Å². The Morgan fingerprint density at radius 3 is 2.71 bits per heavy atom. The van der Waals surface area contributed by atoms with E-state index < -0.39 is 5.97 Å². The second kappa shape index (κ2) is 11.9. The lowest BCUT2D eigenvalue weighted by atomic mass is 9.90.